The van der Waals surface area contributed by atoms with Crippen LogP contribution >= 0.6 is 49.7 Å². The topological polar surface area (TPSA) is 24.1 Å². The maximum atomic E-state index is 5.16. The Hall–Kier alpha value is 1.49. The fourth-order valence-corrected chi connectivity index (χ4v) is 7.61. The Bertz CT molecular complexity index is 1110. The van der Waals surface area contributed by atoms with Gasteiger partial charge in [-0.05, 0) is 85.8 Å². The second-order valence-corrected chi connectivity index (χ2v) is 17.1. The molecule has 0 amide bonds. The van der Waals surface area contributed by atoms with Gasteiger partial charge >= 0.3 is 58.4 Å². The first kappa shape index (κ1) is 67.6. The van der Waals surface area contributed by atoms with E-state index in [1.807, 2.05) is 0 Å². The third-order valence-corrected chi connectivity index (χ3v) is 10.6. The number of hydrogen-bond acceptors (Lipinski definition) is 2. The molecule has 0 radical (unpaired) electrons. The molecule has 2 nitrogen and oxygen atoms in total. The van der Waals surface area contributed by atoms with Crippen molar-refractivity contribution in [2.45, 2.75) is 207 Å². The summed E-state index contributed by atoms with van der Waals surface area (Å²) in [5.74, 6) is 0. The summed E-state index contributed by atoms with van der Waals surface area (Å²) in [6.07, 6.45) is 36.9. The fraction of sp³-hybridized carbons (Fsp3) is 0.696. The van der Waals surface area contributed by atoms with E-state index in [0.717, 1.165) is 12.8 Å². The van der Waals surface area contributed by atoms with Gasteiger partial charge in [-0.1, -0.05) is 205 Å². The van der Waals surface area contributed by atoms with Gasteiger partial charge in [-0.15, -0.1) is 25.3 Å². The summed E-state index contributed by atoms with van der Waals surface area (Å²) in [6, 6.07) is 13.2. The molecule has 0 fully saturated rings. The summed E-state index contributed by atoms with van der Waals surface area (Å²) in [5.41, 5.74) is 8.28. The summed E-state index contributed by atoms with van der Waals surface area (Å²) in [5, 5.41) is 6.58. The van der Waals surface area contributed by atoms with Crippen molar-refractivity contribution in [3.8, 4) is 0 Å². The average Bonchev–Trinajstić information content (AvgIpc) is 3.12. The van der Waals surface area contributed by atoms with Crippen LogP contribution in [-0.4, -0.2) is 8.64 Å². The predicted molar refractivity (Wildman–Crippen MR) is 266 cm³/mol. The van der Waals surface area contributed by atoms with Crippen LogP contribution in [0, 0.1) is 0 Å². The van der Waals surface area contributed by atoms with E-state index < -0.39 is 0 Å². The van der Waals surface area contributed by atoms with E-state index in [1.54, 1.807) is 0 Å². The average molecular weight is 1050 g/mol. The van der Waals surface area contributed by atoms with E-state index in [9.17, 15) is 0 Å². The molecule has 0 spiro atoms. The van der Waals surface area contributed by atoms with Gasteiger partial charge in [0.25, 0.3) is 0 Å². The number of anilines is 2. The Morgan fingerprint density at radius 2 is 0.649 bits per heavy atom. The molecule has 0 bridgehead atoms. The Morgan fingerprint density at radius 1 is 0.404 bits per heavy atom. The van der Waals surface area contributed by atoms with Crippen molar-refractivity contribution in [1.29, 1.82) is 0 Å². The molecule has 2 aromatic rings. The minimum Gasteiger partial charge on any atom is -2.00 e. The number of nitrogens with one attached hydrogen (secondary N) is 2. The van der Waals surface area contributed by atoms with Crippen molar-refractivity contribution in [3.63, 3.8) is 0 Å². The van der Waals surface area contributed by atoms with E-state index in [0.29, 0.717) is 8.64 Å². The van der Waals surface area contributed by atoms with Crippen molar-refractivity contribution in [2.75, 3.05) is 10.6 Å². The molecule has 0 heterocycles. The minimum absolute atomic E-state index is 0. The van der Waals surface area contributed by atoms with Gasteiger partial charge in [-0.3, -0.25) is 0 Å². The number of unbranched alkanes of at least 4 members (excludes halogenated alkanes) is 20. The van der Waals surface area contributed by atoms with Gasteiger partial charge in [-0.25, -0.2) is 0 Å². The number of benzene rings is 2. The van der Waals surface area contributed by atoms with Gasteiger partial charge in [0.15, 0.2) is 0 Å². The largest absolute Gasteiger partial charge is 2.00 e. The Kier molecular flexibility index (Phi) is 57.5. The third-order valence-electron chi connectivity index (χ3n) is 10.2. The molecule has 0 aliphatic heterocycles. The van der Waals surface area contributed by atoms with Crippen molar-refractivity contribution in [2.24, 2.45) is 0 Å². The molecule has 0 aliphatic rings. The number of thiocarbonyl (C=S) groups is 2. The van der Waals surface area contributed by atoms with E-state index in [-0.39, 0.29) is 85.4 Å². The van der Waals surface area contributed by atoms with Gasteiger partial charge in [0.2, 0.25) is 0 Å². The van der Waals surface area contributed by atoms with Gasteiger partial charge in [-0.2, -0.15) is 0 Å². The smallest absolute Gasteiger partial charge is 2.00 e. The van der Waals surface area contributed by atoms with Gasteiger partial charge in [0.1, 0.15) is 8.64 Å². The molecule has 57 heavy (non-hydrogen) atoms. The zero-order chi connectivity index (χ0) is 38.1. The maximum Gasteiger partial charge on any atom is 2.00 e. The number of thiol groups is 2. The zero-order valence-electron chi connectivity index (χ0n) is 36.9. The van der Waals surface area contributed by atoms with Crippen molar-refractivity contribution >= 4 is 96.7 Å². The fourth-order valence-electron chi connectivity index (χ4n) is 7.15. The molecule has 0 unspecified atom stereocenters. The molecule has 2 rings (SSSR count). The first-order valence-corrected chi connectivity index (χ1v) is 23.3. The SMILES string of the molecule is CCCCCCCCc1cccc(NC(=S)S)c1CCCCCCCC.CCCCCCCCc1cccc(NC(=S)S)c1CCCCCCCC.[S-2].[S-2].[Zn+2].[Zn+2].[Zn+2]. The quantitative estimate of drug-likeness (QED) is 0.0271. The molecule has 0 aliphatic carbocycles. The molecule has 2 N–H and O–H groups in total. The van der Waals surface area contributed by atoms with Gasteiger partial charge in [0, 0.05) is 11.4 Å². The van der Waals surface area contributed by atoms with Crippen LogP contribution in [0.1, 0.15) is 204 Å². The Labute approximate surface area is 427 Å². The van der Waals surface area contributed by atoms with Crippen LogP contribution in [0.3, 0.4) is 0 Å². The van der Waals surface area contributed by atoms with E-state index in [2.05, 4.69) is 100.0 Å². The molecule has 0 atom stereocenters. The van der Waals surface area contributed by atoms with Gasteiger partial charge < -0.3 is 37.6 Å². The molecule has 312 valence electrons. The first-order chi connectivity index (χ1) is 25.4. The minimum atomic E-state index is 0. The van der Waals surface area contributed by atoms with E-state index in [1.165, 1.54) is 201 Å². The van der Waals surface area contributed by atoms with Crippen molar-refractivity contribution in [3.05, 3.63) is 58.7 Å². The monoisotopic (exact) mass is 1040 g/mol. The van der Waals surface area contributed by atoms with Crippen LogP contribution < -0.4 is 10.6 Å². The molecule has 0 saturated heterocycles. The summed E-state index contributed by atoms with van der Waals surface area (Å²) in [6.45, 7) is 9.10. The molecule has 2 aromatic carbocycles. The maximum absolute atomic E-state index is 5.16. The molecular formula is C46H78N2S6Zn3+2. The molecular weight excluding hydrogens is 969 g/mol. The first-order valence-electron chi connectivity index (χ1n) is 21.6. The Balaban J connectivity index is -0.000000291. The standard InChI is InChI=1S/2C23H39NS2.2S.3Zn/c2*1-3-5-7-9-11-13-16-20-17-15-19-22(24-23(25)26)21(20)18-14-12-10-8-6-4-2;;;;;/h2*15,17,19H,3-14,16,18H2,1-2H3,(H2,24,25,26);;;;;/q;;2*-2;3*+2. The van der Waals surface area contributed by atoms with Crippen molar-refractivity contribution < 1.29 is 58.4 Å². The zero-order valence-corrected chi connectivity index (χ0v) is 50.9. The van der Waals surface area contributed by atoms with Crippen molar-refractivity contribution in [1.82, 2.24) is 0 Å². The van der Waals surface area contributed by atoms with E-state index >= 15 is 0 Å². The van der Waals surface area contributed by atoms with Crippen LogP contribution in [0.15, 0.2) is 36.4 Å². The van der Waals surface area contributed by atoms with Crippen LogP contribution in [-0.2, 0) is 111 Å². The van der Waals surface area contributed by atoms with Gasteiger partial charge in [0.05, 0.1) is 0 Å². The molecule has 11 heteroatoms. The second kappa shape index (κ2) is 48.5. The summed E-state index contributed by atoms with van der Waals surface area (Å²) >= 11 is 18.9. The predicted octanol–water partition coefficient (Wildman–Crippen LogP) is 16.2. The van der Waals surface area contributed by atoms with Crippen LogP contribution in [0.2, 0.25) is 0 Å². The van der Waals surface area contributed by atoms with Crippen LogP contribution in [0.5, 0.6) is 0 Å². The number of aryl methyl sites for hydroxylation is 2. The second-order valence-electron chi connectivity index (χ2n) is 14.8. The summed E-state index contributed by atoms with van der Waals surface area (Å²) in [7, 11) is 0. The summed E-state index contributed by atoms with van der Waals surface area (Å²) in [4.78, 5) is 0. The third kappa shape index (κ3) is 36.7. The van der Waals surface area contributed by atoms with E-state index in [4.69, 9.17) is 24.4 Å². The summed E-state index contributed by atoms with van der Waals surface area (Å²) < 4.78 is 1.12. The van der Waals surface area contributed by atoms with Crippen LogP contribution in [0.25, 0.3) is 0 Å². The molecule has 0 aromatic heterocycles. The normalized spacial score (nSPS) is 9.93. The molecule has 0 saturated carbocycles. The number of rotatable bonds is 30. The Morgan fingerprint density at radius 3 is 0.912 bits per heavy atom. The van der Waals surface area contributed by atoms with Crippen LogP contribution in [0.4, 0.5) is 11.4 Å². The number of hydrogen-bond donors (Lipinski definition) is 4.